The summed E-state index contributed by atoms with van der Waals surface area (Å²) < 4.78 is 29.5. The highest BCUT2D eigenvalue weighted by molar-refractivity contribution is 8.00. The molecule has 0 bridgehead atoms. The van der Waals surface area contributed by atoms with Gasteiger partial charge in [0.1, 0.15) is 11.6 Å². The van der Waals surface area contributed by atoms with Gasteiger partial charge in [-0.25, -0.2) is 13.8 Å². The quantitative estimate of drug-likeness (QED) is 0.327. The second-order valence-corrected chi connectivity index (χ2v) is 9.01. The van der Waals surface area contributed by atoms with E-state index < -0.39 is 5.25 Å². The van der Waals surface area contributed by atoms with Crippen molar-refractivity contribution in [2.45, 2.75) is 30.8 Å². The Hall–Kier alpha value is -3.45. The number of benzene rings is 3. The lowest BCUT2D eigenvalue weighted by atomic mass is 10.2. The number of aryl methyl sites for hydroxylation is 1. The van der Waals surface area contributed by atoms with Crippen LogP contribution in [0.25, 0.3) is 11.3 Å². The molecule has 4 rings (SSSR count). The first-order valence-electron chi connectivity index (χ1n) is 10.5. The van der Waals surface area contributed by atoms with Crippen LogP contribution < -0.4 is 5.32 Å². The fraction of sp³-hybridized carbons (Fsp3) is 0.154. The van der Waals surface area contributed by atoms with Gasteiger partial charge in [-0.15, -0.1) is 0 Å². The number of carbonyl (C=O) groups is 1. The molecular formula is C26H23F2N3OS. The third-order valence-electron chi connectivity index (χ3n) is 5.23. The summed E-state index contributed by atoms with van der Waals surface area (Å²) in [5.74, 6) is -0.797. The van der Waals surface area contributed by atoms with Crippen LogP contribution in [0.4, 0.5) is 14.5 Å². The van der Waals surface area contributed by atoms with E-state index in [0.29, 0.717) is 16.4 Å². The fourth-order valence-corrected chi connectivity index (χ4v) is 4.22. The number of amides is 1. The second-order valence-electron chi connectivity index (χ2n) is 7.70. The molecule has 0 fully saturated rings. The minimum atomic E-state index is -0.451. The van der Waals surface area contributed by atoms with Gasteiger partial charge in [0.05, 0.1) is 17.5 Å². The van der Waals surface area contributed by atoms with Crippen molar-refractivity contribution in [3.63, 3.8) is 0 Å². The number of carbonyl (C=O) groups excluding carboxylic acids is 1. The second kappa shape index (κ2) is 10.0. The van der Waals surface area contributed by atoms with Crippen LogP contribution in [-0.2, 0) is 11.3 Å². The first-order valence-corrected chi connectivity index (χ1v) is 11.4. The largest absolute Gasteiger partial charge is 0.325 e. The van der Waals surface area contributed by atoms with Gasteiger partial charge in [0.15, 0.2) is 5.16 Å². The summed E-state index contributed by atoms with van der Waals surface area (Å²) in [5.41, 5.74) is 3.61. The average Bonchev–Trinajstić information content (AvgIpc) is 3.19. The summed E-state index contributed by atoms with van der Waals surface area (Å²) >= 11 is 1.29. The Kier molecular flexibility index (Phi) is 6.89. The molecule has 0 saturated heterocycles. The van der Waals surface area contributed by atoms with Crippen molar-refractivity contribution < 1.29 is 13.6 Å². The van der Waals surface area contributed by atoms with Crippen molar-refractivity contribution in [3.8, 4) is 11.3 Å². The Balaban J connectivity index is 1.60. The van der Waals surface area contributed by atoms with Crippen molar-refractivity contribution in [3.05, 3.63) is 102 Å². The van der Waals surface area contributed by atoms with E-state index in [1.54, 1.807) is 43.5 Å². The first kappa shape index (κ1) is 22.7. The van der Waals surface area contributed by atoms with Gasteiger partial charge in [-0.05, 0) is 55.8 Å². The molecule has 1 N–H and O–H groups in total. The van der Waals surface area contributed by atoms with Gasteiger partial charge in [0, 0.05) is 23.0 Å². The number of halogens is 2. The third-order valence-corrected chi connectivity index (χ3v) is 6.34. The highest BCUT2D eigenvalue weighted by atomic mass is 32.2. The van der Waals surface area contributed by atoms with Crippen molar-refractivity contribution in [1.82, 2.24) is 9.55 Å². The number of thioether (sulfide) groups is 1. The van der Waals surface area contributed by atoms with Crippen molar-refractivity contribution in [2.24, 2.45) is 0 Å². The van der Waals surface area contributed by atoms with Crippen LogP contribution in [-0.4, -0.2) is 20.7 Å². The third kappa shape index (κ3) is 5.49. The van der Waals surface area contributed by atoms with Crippen molar-refractivity contribution in [2.75, 3.05) is 5.32 Å². The number of nitrogens with one attached hydrogen (secondary N) is 1. The number of hydrogen-bond donors (Lipinski definition) is 1. The van der Waals surface area contributed by atoms with Crippen molar-refractivity contribution >= 4 is 23.4 Å². The number of imidazole rings is 1. The zero-order valence-corrected chi connectivity index (χ0v) is 19.1. The van der Waals surface area contributed by atoms with Crippen LogP contribution in [0, 0.1) is 18.6 Å². The van der Waals surface area contributed by atoms with Crippen LogP contribution in [0.5, 0.6) is 0 Å². The maximum Gasteiger partial charge on any atom is 0.237 e. The smallest absolute Gasteiger partial charge is 0.237 e. The molecule has 0 aliphatic carbocycles. The molecule has 33 heavy (non-hydrogen) atoms. The number of aromatic nitrogens is 2. The van der Waals surface area contributed by atoms with Gasteiger partial charge in [-0.2, -0.15) is 0 Å². The minimum absolute atomic E-state index is 0.155. The lowest BCUT2D eigenvalue weighted by Crippen LogP contribution is -2.23. The summed E-state index contributed by atoms with van der Waals surface area (Å²) in [7, 11) is 0. The number of rotatable bonds is 7. The summed E-state index contributed by atoms with van der Waals surface area (Å²) in [6.07, 6.45) is 1.80. The molecule has 168 valence electrons. The average molecular weight is 464 g/mol. The van der Waals surface area contributed by atoms with Crippen LogP contribution in [0.15, 0.2) is 84.1 Å². The molecule has 1 atom stereocenters. The first-order chi connectivity index (χ1) is 15.9. The predicted molar refractivity (Wildman–Crippen MR) is 128 cm³/mol. The molecule has 4 aromatic rings. The molecule has 0 aliphatic heterocycles. The summed E-state index contributed by atoms with van der Waals surface area (Å²) in [6.45, 7) is 4.00. The molecule has 4 nitrogen and oxygen atoms in total. The van der Waals surface area contributed by atoms with Gasteiger partial charge < -0.3 is 9.88 Å². The standard InChI is InChI=1S/C26H23F2N3OS/c1-17-7-3-6-10-23(17)29-25(32)18(2)33-26-30-24(19-11-13-21(27)14-12-19)16-31(26)15-20-8-4-5-9-22(20)28/h3-14,16,18H,15H2,1-2H3,(H,29,32)/t18-/m1/s1. The van der Waals surface area contributed by atoms with Gasteiger partial charge in [0.25, 0.3) is 0 Å². The van der Waals surface area contributed by atoms with Gasteiger partial charge in [-0.3, -0.25) is 4.79 Å². The molecule has 1 amide bonds. The number of nitrogens with zero attached hydrogens (tertiary/aromatic N) is 2. The molecule has 0 saturated carbocycles. The van der Waals surface area contributed by atoms with Gasteiger partial charge in [-0.1, -0.05) is 48.2 Å². The molecule has 1 aromatic heterocycles. The SMILES string of the molecule is Cc1ccccc1NC(=O)[C@@H](C)Sc1nc(-c2ccc(F)cc2)cn1Cc1ccccc1F. The molecular weight excluding hydrogens is 440 g/mol. The van der Waals surface area contributed by atoms with Crippen LogP contribution in [0.3, 0.4) is 0 Å². The summed E-state index contributed by atoms with van der Waals surface area (Å²) in [6, 6.07) is 20.2. The maximum absolute atomic E-state index is 14.3. The van der Waals surface area contributed by atoms with Crippen LogP contribution in [0.1, 0.15) is 18.1 Å². The van der Waals surface area contributed by atoms with E-state index in [1.165, 1.54) is 30.0 Å². The minimum Gasteiger partial charge on any atom is -0.325 e. The number of para-hydroxylation sites is 1. The summed E-state index contributed by atoms with van der Waals surface area (Å²) in [4.78, 5) is 17.5. The van der Waals surface area contributed by atoms with Crippen LogP contribution >= 0.6 is 11.8 Å². The van der Waals surface area contributed by atoms with E-state index in [2.05, 4.69) is 10.3 Å². The molecule has 7 heteroatoms. The van der Waals surface area contributed by atoms with E-state index in [4.69, 9.17) is 0 Å². The zero-order chi connectivity index (χ0) is 23.4. The zero-order valence-electron chi connectivity index (χ0n) is 18.3. The Bertz CT molecular complexity index is 1270. The highest BCUT2D eigenvalue weighted by Crippen LogP contribution is 2.29. The Labute approximate surface area is 195 Å². The van der Waals surface area contributed by atoms with Gasteiger partial charge in [0.2, 0.25) is 5.91 Å². The van der Waals surface area contributed by atoms with E-state index >= 15 is 0 Å². The lowest BCUT2D eigenvalue weighted by Gasteiger charge is -2.14. The topological polar surface area (TPSA) is 46.9 Å². The number of hydrogen-bond acceptors (Lipinski definition) is 3. The summed E-state index contributed by atoms with van der Waals surface area (Å²) in [5, 5.41) is 3.08. The molecule has 0 unspecified atom stereocenters. The Morgan fingerprint density at radius 2 is 1.73 bits per heavy atom. The molecule has 0 radical (unpaired) electrons. The number of anilines is 1. The molecule has 0 spiro atoms. The fourth-order valence-electron chi connectivity index (χ4n) is 3.34. The van der Waals surface area contributed by atoms with Gasteiger partial charge >= 0.3 is 0 Å². The molecule has 1 heterocycles. The lowest BCUT2D eigenvalue weighted by molar-refractivity contribution is -0.115. The molecule has 0 aliphatic rings. The van der Waals surface area contributed by atoms with E-state index in [1.807, 2.05) is 35.8 Å². The molecule has 3 aromatic carbocycles. The predicted octanol–water partition coefficient (Wildman–Crippen LogP) is 6.30. The Morgan fingerprint density at radius 3 is 2.45 bits per heavy atom. The Morgan fingerprint density at radius 1 is 1.03 bits per heavy atom. The van der Waals surface area contributed by atoms with Crippen molar-refractivity contribution in [1.29, 1.82) is 0 Å². The monoisotopic (exact) mass is 463 g/mol. The normalized spacial score (nSPS) is 11.9. The van der Waals surface area contributed by atoms with E-state index in [9.17, 15) is 13.6 Å². The maximum atomic E-state index is 14.3. The highest BCUT2D eigenvalue weighted by Gasteiger charge is 2.20. The van der Waals surface area contributed by atoms with Crippen LogP contribution in [0.2, 0.25) is 0 Å². The van der Waals surface area contributed by atoms with E-state index in [-0.39, 0.29) is 24.1 Å². The van der Waals surface area contributed by atoms with E-state index in [0.717, 1.165) is 16.8 Å².